The van der Waals surface area contributed by atoms with Gasteiger partial charge in [-0.2, -0.15) is 0 Å². The number of nitrogens with zero attached hydrogens (tertiary/aromatic N) is 2. The van der Waals surface area contributed by atoms with Crippen molar-refractivity contribution in [2.24, 2.45) is 0 Å². The maximum Gasteiger partial charge on any atom is 0.329 e. The molecule has 430 valence electrons. The van der Waals surface area contributed by atoms with E-state index < -0.39 is 53.7 Å². The molecule has 0 radical (unpaired) electrons. The van der Waals surface area contributed by atoms with E-state index in [0.717, 1.165) is 74.7 Å². The predicted molar refractivity (Wildman–Crippen MR) is 296 cm³/mol. The van der Waals surface area contributed by atoms with Crippen molar-refractivity contribution < 1.29 is 71.5 Å². The van der Waals surface area contributed by atoms with Crippen LogP contribution in [0.4, 0.5) is 0 Å². The summed E-state index contributed by atoms with van der Waals surface area (Å²) in [5.41, 5.74) is 2.64. The number of imide groups is 2. The second-order valence-corrected chi connectivity index (χ2v) is 20.1. The zero-order valence-corrected chi connectivity index (χ0v) is 46.9. The second-order valence-electron chi connectivity index (χ2n) is 20.1. The lowest BCUT2D eigenvalue weighted by Gasteiger charge is -2.37. The number of piperidine rings is 2. The molecule has 2 saturated heterocycles. The van der Waals surface area contributed by atoms with Gasteiger partial charge in [0.25, 0.3) is 17.7 Å². The van der Waals surface area contributed by atoms with Gasteiger partial charge in [-0.3, -0.25) is 39.0 Å². The quantitative estimate of drug-likeness (QED) is 0.0283. The maximum atomic E-state index is 14.5. The molecule has 19 nitrogen and oxygen atoms in total. The molecule has 3 aliphatic heterocycles. The minimum atomic E-state index is -1.03. The summed E-state index contributed by atoms with van der Waals surface area (Å²) in [4.78, 5) is 95.1. The Morgan fingerprint density at radius 3 is 2.08 bits per heavy atom. The number of carbonyl (C=O) groups excluding carboxylic acids is 7. The molecule has 7 rings (SSSR count). The number of esters is 1. The molecule has 2 N–H and O–H groups in total. The van der Waals surface area contributed by atoms with Crippen molar-refractivity contribution in [1.82, 2.24) is 20.4 Å². The first-order chi connectivity index (χ1) is 38.8. The lowest BCUT2D eigenvalue weighted by Crippen LogP contribution is -2.54. The smallest absolute Gasteiger partial charge is 0.329 e. The summed E-state index contributed by atoms with van der Waals surface area (Å²) in [7, 11) is 7.73. The number of aryl methyl sites for hydroxylation is 1. The zero-order chi connectivity index (χ0) is 57.1. The summed E-state index contributed by atoms with van der Waals surface area (Å²) in [6.45, 7) is 3.01. The number of fused-ring (bicyclic) bond motifs is 1. The minimum Gasteiger partial charge on any atom is -0.493 e. The van der Waals surface area contributed by atoms with Crippen LogP contribution in [0.15, 0.2) is 72.8 Å². The molecule has 2 fully saturated rings. The normalized spacial score (nSPS) is 16.7. The molecule has 0 bridgehead atoms. The molecule has 3 heterocycles. The molecular formula is C61H76N4O15. The molecule has 0 aromatic heterocycles. The SMILES string of the molecule is CC[C@H](C(=O)N1CCCC[C@H]1C(=O)O[C@H](CCc1ccc(OC)c(OC)c1)c1cccc(OCC(=O)NCCCCCCCCCCOc2cccc3c2C(=O)N(C2CCC(=O)NC2=O)C3=O)c1)c1cc(OC)c(OC)c(OC)c1. The number of ether oxygens (including phenoxy) is 8. The van der Waals surface area contributed by atoms with Crippen molar-refractivity contribution in [3.8, 4) is 40.2 Å². The fourth-order valence-corrected chi connectivity index (χ4v) is 10.6. The largest absolute Gasteiger partial charge is 0.493 e. The first-order valence-corrected chi connectivity index (χ1v) is 27.8. The van der Waals surface area contributed by atoms with Gasteiger partial charge in [0.15, 0.2) is 29.6 Å². The van der Waals surface area contributed by atoms with E-state index in [0.29, 0.717) is 96.8 Å². The number of rotatable bonds is 30. The summed E-state index contributed by atoms with van der Waals surface area (Å²) in [6, 6.07) is 19.4. The van der Waals surface area contributed by atoms with Gasteiger partial charge in [0.1, 0.15) is 29.7 Å². The van der Waals surface area contributed by atoms with Crippen LogP contribution >= 0.6 is 0 Å². The van der Waals surface area contributed by atoms with Gasteiger partial charge in [0.2, 0.25) is 23.5 Å². The van der Waals surface area contributed by atoms with Gasteiger partial charge >= 0.3 is 5.97 Å². The van der Waals surface area contributed by atoms with Gasteiger partial charge < -0.3 is 48.1 Å². The molecule has 0 spiro atoms. The van der Waals surface area contributed by atoms with E-state index in [2.05, 4.69) is 10.6 Å². The first-order valence-electron chi connectivity index (χ1n) is 27.8. The topological polar surface area (TPSA) is 224 Å². The van der Waals surface area contributed by atoms with Crippen molar-refractivity contribution >= 4 is 41.4 Å². The van der Waals surface area contributed by atoms with Crippen LogP contribution in [0.5, 0.6) is 40.2 Å². The van der Waals surface area contributed by atoms with E-state index in [-0.39, 0.29) is 42.4 Å². The van der Waals surface area contributed by atoms with Crippen LogP contribution in [0.2, 0.25) is 0 Å². The van der Waals surface area contributed by atoms with Crippen molar-refractivity contribution in [2.75, 3.05) is 61.9 Å². The first kappa shape index (κ1) is 59.8. The fraction of sp³-hybridized carbons (Fsp3) is 0.492. The molecule has 19 heteroatoms. The Morgan fingerprint density at radius 1 is 0.688 bits per heavy atom. The lowest BCUT2D eigenvalue weighted by atomic mass is 9.91. The van der Waals surface area contributed by atoms with Gasteiger partial charge in [-0.15, -0.1) is 0 Å². The Kier molecular flexibility index (Phi) is 22.0. The van der Waals surface area contributed by atoms with E-state index in [1.807, 2.05) is 31.2 Å². The third-order valence-corrected chi connectivity index (χ3v) is 14.9. The van der Waals surface area contributed by atoms with Crippen LogP contribution in [0.25, 0.3) is 0 Å². The summed E-state index contributed by atoms with van der Waals surface area (Å²) >= 11 is 0. The highest BCUT2D eigenvalue weighted by molar-refractivity contribution is 6.24. The average Bonchev–Trinajstić information content (AvgIpc) is 3.80. The molecule has 6 amide bonds. The Bertz CT molecular complexity index is 2810. The Morgan fingerprint density at radius 2 is 1.39 bits per heavy atom. The van der Waals surface area contributed by atoms with Gasteiger partial charge in [-0.1, -0.05) is 69.7 Å². The third-order valence-electron chi connectivity index (χ3n) is 14.9. The number of carbonyl (C=O) groups is 7. The van der Waals surface area contributed by atoms with Crippen molar-refractivity contribution in [1.29, 1.82) is 0 Å². The van der Waals surface area contributed by atoms with E-state index in [1.165, 1.54) is 21.3 Å². The number of benzene rings is 4. The highest BCUT2D eigenvalue weighted by atomic mass is 16.5. The number of hydrogen-bond acceptors (Lipinski definition) is 15. The minimum absolute atomic E-state index is 0.0514. The van der Waals surface area contributed by atoms with Crippen LogP contribution in [-0.4, -0.2) is 125 Å². The van der Waals surface area contributed by atoms with Crippen molar-refractivity contribution in [3.63, 3.8) is 0 Å². The van der Waals surface area contributed by atoms with Crippen LogP contribution in [-0.2, 0) is 35.1 Å². The van der Waals surface area contributed by atoms with Crippen LogP contribution < -0.4 is 43.8 Å². The summed E-state index contributed by atoms with van der Waals surface area (Å²) in [5, 5.41) is 5.17. The van der Waals surface area contributed by atoms with Gasteiger partial charge in [-0.25, -0.2) is 4.79 Å². The number of unbranched alkanes of at least 4 members (excludes halogenated alkanes) is 7. The molecule has 4 aromatic carbocycles. The number of amides is 6. The maximum absolute atomic E-state index is 14.5. The standard InChI is InChI=1S/C61H76N4O15/c1-7-43(41-36-51(75-4)56(77-6)52(37-41)76-5)58(69)64-32-16-14-23-46(64)61(72)80-47(28-25-39-26-29-48(73-2)50(34-39)74-3)40-20-18-21-42(35-40)79-38-54(67)62-31-15-12-10-8-9-11-13-17-33-78-49-24-19-22-44-55(49)60(71)65(59(44)70)45-27-30-53(66)63-57(45)68/h18-22,24,26,29,34-37,43,45-47H,7-17,23,25,27-28,30-33,38H2,1-6H3,(H,62,67)(H,63,66,68)/t43-,45?,46-,47+/m0/s1. The number of likely N-dealkylation sites (tertiary alicyclic amines) is 1. The van der Waals surface area contributed by atoms with Gasteiger partial charge in [0, 0.05) is 19.5 Å². The molecule has 4 atom stereocenters. The summed E-state index contributed by atoms with van der Waals surface area (Å²) in [5.74, 6) is -0.559. The molecule has 0 saturated carbocycles. The van der Waals surface area contributed by atoms with Gasteiger partial charge in [-0.05, 0) is 123 Å². The molecule has 3 aliphatic rings. The molecule has 1 unspecified atom stereocenters. The summed E-state index contributed by atoms with van der Waals surface area (Å²) in [6.07, 6.45) is 10.3. The zero-order valence-electron chi connectivity index (χ0n) is 46.9. The van der Waals surface area contributed by atoms with E-state index >= 15 is 0 Å². The second kappa shape index (κ2) is 29.4. The van der Waals surface area contributed by atoms with Crippen LogP contribution in [0.1, 0.15) is 153 Å². The van der Waals surface area contributed by atoms with Gasteiger partial charge in [0.05, 0.1) is 59.2 Å². The summed E-state index contributed by atoms with van der Waals surface area (Å²) < 4.78 is 46.2. The third kappa shape index (κ3) is 14.9. The Balaban J connectivity index is 0.862. The predicted octanol–water partition coefficient (Wildman–Crippen LogP) is 8.62. The van der Waals surface area contributed by atoms with E-state index in [4.69, 9.17) is 37.9 Å². The van der Waals surface area contributed by atoms with Crippen LogP contribution in [0.3, 0.4) is 0 Å². The number of methoxy groups -OCH3 is 5. The van der Waals surface area contributed by atoms with E-state index in [9.17, 15) is 33.6 Å². The number of nitrogens with one attached hydrogen (secondary N) is 2. The van der Waals surface area contributed by atoms with E-state index in [1.54, 1.807) is 67.7 Å². The molecule has 80 heavy (non-hydrogen) atoms. The lowest BCUT2D eigenvalue weighted by molar-refractivity contribution is -0.162. The average molecular weight is 1110 g/mol. The number of hydrogen-bond donors (Lipinski definition) is 2. The fourth-order valence-electron chi connectivity index (χ4n) is 10.6. The molecular weight excluding hydrogens is 1030 g/mol. The monoisotopic (exact) mass is 1100 g/mol. The highest BCUT2D eigenvalue weighted by Crippen LogP contribution is 2.42. The Hall–Kier alpha value is -7.83. The molecule has 4 aromatic rings. The highest BCUT2D eigenvalue weighted by Gasteiger charge is 2.46. The van der Waals surface area contributed by atoms with Crippen molar-refractivity contribution in [3.05, 3.63) is 101 Å². The molecule has 0 aliphatic carbocycles. The van der Waals surface area contributed by atoms with Crippen LogP contribution in [0, 0.1) is 0 Å². The Labute approximate surface area is 468 Å². The van der Waals surface area contributed by atoms with Crippen molar-refractivity contribution in [2.45, 2.75) is 134 Å².